The molecule has 0 aromatic carbocycles. The molecule has 0 saturated heterocycles. The quantitative estimate of drug-likeness (QED) is 0.565. The van der Waals surface area contributed by atoms with E-state index in [0.29, 0.717) is 32.8 Å². The van der Waals surface area contributed by atoms with Crippen LogP contribution in [0.2, 0.25) is 0 Å². The SMILES string of the molecule is CCC(C)=O.OCCOCCOCCO. The zero-order valence-electron chi connectivity index (χ0n) is 9.57. The second kappa shape index (κ2) is 16.0. The normalized spacial score (nSPS) is 9.33. The Balaban J connectivity index is 0. The second-order valence-electron chi connectivity index (χ2n) is 2.73. The molecule has 0 radical (unpaired) electrons. The van der Waals surface area contributed by atoms with Crippen LogP contribution in [0.5, 0.6) is 0 Å². The maximum Gasteiger partial charge on any atom is 0.129 e. The lowest BCUT2D eigenvalue weighted by Crippen LogP contribution is -2.09. The van der Waals surface area contributed by atoms with Crippen molar-refractivity contribution in [1.29, 1.82) is 0 Å². The Labute approximate surface area is 91.0 Å². The van der Waals surface area contributed by atoms with Gasteiger partial charge in [-0.05, 0) is 6.92 Å². The Kier molecular flexibility index (Phi) is 18.0. The van der Waals surface area contributed by atoms with Crippen molar-refractivity contribution >= 4 is 5.78 Å². The van der Waals surface area contributed by atoms with Gasteiger partial charge in [0.2, 0.25) is 0 Å². The van der Waals surface area contributed by atoms with Crippen LogP contribution >= 0.6 is 0 Å². The summed E-state index contributed by atoms with van der Waals surface area (Å²) in [4.78, 5) is 9.81. The third-order valence-electron chi connectivity index (χ3n) is 1.34. The van der Waals surface area contributed by atoms with Crippen LogP contribution in [0.15, 0.2) is 0 Å². The first-order valence-corrected chi connectivity index (χ1v) is 5.05. The van der Waals surface area contributed by atoms with Gasteiger partial charge in [-0.25, -0.2) is 0 Å². The van der Waals surface area contributed by atoms with Crippen molar-refractivity contribution in [3.05, 3.63) is 0 Å². The molecule has 92 valence electrons. The lowest BCUT2D eigenvalue weighted by atomic mass is 10.4. The lowest BCUT2D eigenvalue weighted by Gasteiger charge is -2.01. The van der Waals surface area contributed by atoms with Crippen LogP contribution in [-0.4, -0.2) is 55.6 Å². The molecule has 0 aromatic rings. The molecule has 0 atom stereocenters. The third kappa shape index (κ3) is 24.7. The maximum absolute atomic E-state index is 9.81. The van der Waals surface area contributed by atoms with Crippen LogP contribution in [0.25, 0.3) is 0 Å². The summed E-state index contributed by atoms with van der Waals surface area (Å²) in [5.74, 6) is 0.255. The minimum absolute atomic E-state index is 0.0417. The zero-order valence-corrected chi connectivity index (χ0v) is 9.57. The van der Waals surface area contributed by atoms with Crippen LogP contribution in [0.3, 0.4) is 0 Å². The van der Waals surface area contributed by atoms with Gasteiger partial charge in [-0.2, -0.15) is 0 Å². The molecule has 0 spiro atoms. The van der Waals surface area contributed by atoms with Gasteiger partial charge < -0.3 is 24.5 Å². The van der Waals surface area contributed by atoms with Crippen LogP contribution in [0, 0.1) is 0 Å². The number of aliphatic hydroxyl groups excluding tert-OH is 2. The number of hydrogen-bond donors (Lipinski definition) is 2. The van der Waals surface area contributed by atoms with Gasteiger partial charge in [0.1, 0.15) is 5.78 Å². The van der Waals surface area contributed by atoms with E-state index in [1.165, 1.54) is 0 Å². The summed E-state index contributed by atoms with van der Waals surface area (Å²) in [6.07, 6.45) is 0.667. The van der Waals surface area contributed by atoms with Crippen molar-refractivity contribution in [1.82, 2.24) is 0 Å². The zero-order chi connectivity index (χ0) is 11.9. The molecule has 5 nitrogen and oxygen atoms in total. The van der Waals surface area contributed by atoms with E-state index in [0.717, 1.165) is 0 Å². The summed E-state index contributed by atoms with van der Waals surface area (Å²) in [6, 6.07) is 0. The standard InChI is InChI=1S/C6H14O4.C4H8O/c7-1-3-9-5-6-10-4-2-8;1-3-4(2)5/h7-8H,1-6H2;3H2,1-2H3. The first-order chi connectivity index (χ1) is 7.18. The van der Waals surface area contributed by atoms with E-state index in [1.807, 2.05) is 6.92 Å². The Morgan fingerprint density at radius 3 is 1.53 bits per heavy atom. The number of hydrogen-bond acceptors (Lipinski definition) is 5. The predicted octanol–water partition coefficient (Wildman–Crippen LogP) is -0.0104. The van der Waals surface area contributed by atoms with Crippen molar-refractivity contribution in [2.24, 2.45) is 0 Å². The van der Waals surface area contributed by atoms with Gasteiger partial charge in [-0.15, -0.1) is 0 Å². The summed E-state index contributed by atoms with van der Waals surface area (Å²) in [7, 11) is 0. The van der Waals surface area contributed by atoms with E-state index >= 15 is 0 Å². The minimum Gasteiger partial charge on any atom is -0.394 e. The number of rotatable bonds is 8. The van der Waals surface area contributed by atoms with Crippen molar-refractivity contribution in [3.8, 4) is 0 Å². The van der Waals surface area contributed by atoms with E-state index in [2.05, 4.69) is 0 Å². The molecule has 0 heterocycles. The molecule has 0 saturated carbocycles. The largest absolute Gasteiger partial charge is 0.394 e. The van der Waals surface area contributed by atoms with E-state index < -0.39 is 0 Å². The van der Waals surface area contributed by atoms with Gasteiger partial charge in [0.25, 0.3) is 0 Å². The highest BCUT2D eigenvalue weighted by atomic mass is 16.5. The van der Waals surface area contributed by atoms with Crippen molar-refractivity contribution < 1.29 is 24.5 Å². The summed E-state index contributed by atoms with van der Waals surface area (Å²) in [5.41, 5.74) is 0. The molecule has 0 aromatic heterocycles. The highest BCUT2D eigenvalue weighted by Crippen LogP contribution is 1.76. The summed E-state index contributed by atoms with van der Waals surface area (Å²) < 4.78 is 9.75. The van der Waals surface area contributed by atoms with Gasteiger partial charge in [-0.3, -0.25) is 0 Å². The topological polar surface area (TPSA) is 76.0 Å². The van der Waals surface area contributed by atoms with Gasteiger partial charge in [-0.1, -0.05) is 6.92 Å². The molecule has 0 aliphatic carbocycles. The molecule has 5 heteroatoms. The fourth-order valence-electron chi connectivity index (χ4n) is 0.451. The predicted molar refractivity (Wildman–Crippen MR) is 56.8 cm³/mol. The molecule has 0 aliphatic rings. The molecule has 0 amide bonds. The van der Waals surface area contributed by atoms with Gasteiger partial charge in [0, 0.05) is 6.42 Å². The Hall–Kier alpha value is -0.490. The molecular formula is C10H22O5. The van der Waals surface area contributed by atoms with Crippen molar-refractivity contribution in [2.75, 3.05) is 39.6 Å². The van der Waals surface area contributed by atoms with Crippen LogP contribution in [-0.2, 0) is 14.3 Å². The average Bonchev–Trinajstić information content (AvgIpc) is 2.24. The Bertz CT molecular complexity index is 119. The highest BCUT2D eigenvalue weighted by molar-refractivity contribution is 5.74. The first-order valence-electron chi connectivity index (χ1n) is 5.05. The fraction of sp³-hybridized carbons (Fsp3) is 0.900. The number of ketones is 1. The molecule has 0 rings (SSSR count). The van der Waals surface area contributed by atoms with Crippen LogP contribution in [0.4, 0.5) is 0 Å². The summed E-state index contributed by atoms with van der Waals surface area (Å²) in [5, 5.41) is 16.5. The highest BCUT2D eigenvalue weighted by Gasteiger charge is 1.86. The molecule has 0 aliphatic heterocycles. The monoisotopic (exact) mass is 222 g/mol. The Morgan fingerprint density at radius 1 is 1.00 bits per heavy atom. The van der Waals surface area contributed by atoms with Gasteiger partial charge >= 0.3 is 0 Å². The van der Waals surface area contributed by atoms with Gasteiger partial charge in [0.15, 0.2) is 0 Å². The molecule has 0 fully saturated rings. The van der Waals surface area contributed by atoms with E-state index in [4.69, 9.17) is 19.7 Å². The first kappa shape index (κ1) is 16.9. The molecular weight excluding hydrogens is 200 g/mol. The smallest absolute Gasteiger partial charge is 0.129 e. The molecule has 0 unspecified atom stereocenters. The number of aliphatic hydroxyl groups is 2. The van der Waals surface area contributed by atoms with Crippen molar-refractivity contribution in [3.63, 3.8) is 0 Å². The fourth-order valence-corrected chi connectivity index (χ4v) is 0.451. The van der Waals surface area contributed by atoms with Crippen molar-refractivity contribution in [2.45, 2.75) is 20.3 Å². The summed E-state index contributed by atoms with van der Waals surface area (Å²) in [6.45, 7) is 5.16. The van der Waals surface area contributed by atoms with Crippen LogP contribution in [0.1, 0.15) is 20.3 Å². The Morgan fingerprint density at radius 2 is 1.33 bits per heavy atom. The van der Waals surface area contributed by atoms with E-state index in [9.17, 15) is 4.79 Å². The van der Waals surface area contributed by atoms with Crippen LogP contribution < -0.4 is 0 Å². The van der Waals surface area contributed by atoms with Gasteiger partial charge in [0.05, 0.1) is 39.6 Å². The number of carbonyl (C=O) groups is 1. The van der Waals surface area contributed by atoms with E-state index in [-0.39, 0.29) is 19.0 Å². The third-order valence-corrected chi connectivity index (χ3v) is 1.34. The summed E-state index contributed by atoms with van der Waals surface area (Å²) >= 11 is 0. The average molecular weight is 222 g/mol. The number of ether oxygens (including phenoxy) is 2. The van der Waals surface area contributed by atoms with E-state index in [1.54, 1.807) is 6.92 Å². The maximum atomic E-state index is 9.81. The molecule has 0 bridgehead atoms. The molecule has 15 heavy (non-hydrogen) atoms. The molecule has 2 N–H and O–H groups in total. The number of carbonyl (C=O) groups excluding carboxylic acids is 1. The lowest BCUT2D eigenvalue weighted by molar-refractivity contribution is -0.116. The second-order valence-corrected chi connectivity index (χ2v) is 2.73. The number of Topliss-reactive ketones (excluding diaryl/α,β-unsaturated/α-hetero) is 1. The minimum atomic E-state index is 0.0417.